The highest BCUT2D eigenvalue weighted by Gasteiger charge is 2.10. The minimum absolute atomic E-state index is 0.138. The van der Waals surface area contributed by atoms with Gasteiger partial charge in [0.1, 0.15) is 12.4 Å². The molecule has 0 fully saturated rings. The lowest BCUT2D eigenvalue weighted by Crippen LogP contribution is -2.28. The molecular formula is C17H25NO2. The van der Waals surface area contributed by atoms with E-state index in [1.54, 1.807) is 7.11 Å². The molecular weight excluding hydrogens is 250 g/mol. The first-order chi connectivity index (χ1) is 9.62. The van der Waals surface area contributed by atoms with Crippen LogP contribution in [0.4, 0.5) is 0 Å². The van der Waals surface area contributed by atoms with Gasteiger partial charge in [0.2, 0.25) is 0 Å². The third kappa shape index (κ3) is 4.88. The Kier molecular flexibility index (Phi) is 7.14. The summed E-state index contributed by atoms with van der Waals surface area (Å²) in [7, 11) is 3.78. The number of hydrogen-bond donors (Lipinski definition) is 1. The summed E-state index contributed by atoms with van der Waals surface area (Å²) in [6, 6.07) is 6.61. The first-order valence-electron chi connectivity index (χ1n) is 7.09. The van der Waals surface area contributed by atoms with Crippen LogP contribution in [0.5, 0.6) is 5.75 Å². The van der Waals surface area contributed by atoms with Gasteiger partial charge in [0.15, 0.2) is 0 Å². The molecule has 0 amide bonds. The smallest absolute Gasteiger partial charge is 0.134 e. The number of hydrogen-bond acceptors (Lipinski definition) is 3. The first-order valence-corrected chi connectivity index (χ1v) is 7.09. The first kappa shape index (κ1) is 16.6. The van der Waals surface area contributed by atoms with E-state index in [2.05, 4.69) is 43.7 Å². The second kappa shape index (κ2) is 8.63. The van der Waals surface area contributed by atoms with Crippen molar-refractivity contribution >= 4 is 0 Å². The van der Waals surface area contributed by atoms with Crippen LogP contribution in [0.1, 0.15) is 37.8 Å². The van der Waals surface area contributed by atoms with Gasteiger partial charge >= 0.3 is 0 Å². The Labute approximate surface area is 122 Å². The van der Waals surface area contributed by atoms with E-state index in [1.807, 2.05) is 12.1 Å². The number of rotatable bonds is 6. The molecule has 0 heterocycles. The zero-order valence-corrected chi connectivity index (χ0v) is 12.9. The monoisotopic (exact) mass is 275 g/mol. The average molecular weight is 275 g/mol. The molecule has 0 aromatic heterocycles. The van der Waals surface area contributed by atoms with Gasteiger partial charge in [-0.05, 0) is 38.1 Å². The quantitative estimate of drug-likeness (QED) is 0.810. The standard InChI is InChI=1S/C17H25NO2/c1-5-7-14(2)18(3)13-15-9-10-17(20-4)16(12-15)8-6-11-19/h9-10,12,14,19H,5,7,11,13H2,1-4H3. The van der Waals surface area contributed by atoms with Crippen LogP contribution in [-0.4, -0.2) is 36.8 Å². The Morgan fingerprint density at radius 3 is 2.75 bits per heavy atom. The van der Waals surface area contributed by atoms with Crippen molar-refractivity contribution < 1.29 is 9.84 Å². The lowest BCUT2D eigenvalue weighted by atomic mass is 10.1. The largest absolute Gasteiger partial charge is 0.495 e. The summed E-state index contributed by atoms with van der Waals surface area (Å²) in [6.45, 7) is 5.21. The minimum Gasteiger partial charge on any atom is -0.495 e. The molecule has 1 unspecified atom stereocenters. The lowest BCUT2D eigenvalue weighted by Gasteiger charge is -2.24. The molecule has 0 aliphatic carbocycles. The molecule has 1 aromatic rings. The van der Waals surface area contributed by atoms with Gasteiger partial charge in [0, 0.05) is 12.6 Å². The molecule has 1 N–H and O–H groups in total. The second-order valence-electron chi connectivity index (χ2n) is 5.05. The van der Waals surface area contributed by atoms with Crippen molar-refractivity contribution in [3.05, 3.63) is 29.3 Å². The zero-order valence-electron chi connectivity index (χ0n) is 12.9. The van der Waals surface area contributed by atoms with Gasteiger partial charge in [0.25, 0.3) is 0 Å². The fraction of sp³-hybridized carbons (Fsp3) is 0.529. The van der Waals surface area contributed by atoms with Gasteiger partial charge in [-0.15, -0.1) is 0 Å². The van der Waals surface area contributed by atoms with Crippen LogP contribution in [0.2, 0.25) is 0 Å². The molecule has 0 bridgehead atoms. The molecule has 0 saturated heterocycles. The lowest BCUT2D eigenvalue weighted by molar-refractivity contribution is 0.237. The van der Waals surface area contributed by atoms with E-state index in [-0.39, 0.29) is 6.61 Å². The molecule has 0 spiro atoms. The number of methoxy groups -OCH3 is 1. The zero-order chi connectivity index (χ0) is 15.0. The normalized spacial score (nSPS) is 11.9. The van der Waals surface area contributed by atoms with Crippen LogP contribution in [0.3, 0.4) is 0 Å². The van der Waals surface area contributed by atoms with E-state index in [9.17, 15) is 0 Å². The molecule has 1 atom stereocenters. The number of nitrogens with zero attached hydrogens (tertiary/aromatic N) is 1. The molecule has 3 heteroatoms. The Morgan fingerprint density at radius 2 is 2.15 bits per heavy atom. The minimum atomic E-state index is -0.138. The van der Waals surface area contributed by atoms with Gasteiger partial charge in [-0.25, -0.2) is 0 Å². The van der Waals surface area contributed by atoms with Crippen LogP contribution in [0.15, 0.2) is 18.2 Å². The van der Waals surface area contributed by atoms with Crippen LogP contribution in [-0.2, 0) is 6.54 Å². The molecule has 1 aromatic carbocycles. The highest BCUT2D eigenvalue weighted by molar-refractivity contribution is 5.48. The Balaban J connectivity index is 2.86. The fourth-order valence-electron chi connectivity index (χ4n) is 2.17. The molecule has 1 rings (SSSR count). The third-order valence-corrected chi connectivity index (χ3v) is 3.46. The van der Waals surface area contributed by atoms with Gasteiger partial charge in [-0.3, -0.25) is 4.90 Å². The van der Waals surface area contributed by atoms with Crippen molar-refractivity contribution in [2.45, 2.75) is 39.3 Å². The van der Waals surface area contributed by atoms with Crippen molar-refractivity contribution in [1.82, 2.24) is 4.90 Å². The number of aliphatic hydroxyl groups is 1. The Morgan fingerprint density at radius 1 is 1.40 bits per heavy atom. The predicted molar refractivity (Wildman–Crippen MR) is 82.8 cm³/mol. The van der Waals surface area contributed by atoms with E-state index < -0.39 is 0 Å². The van der Waals surface area contributed by atoms with Crippen LogP contribution in [0.25, 0.3) is 0 Å². The average Bonchev–Trinajstić information content (AvgIpc) is 2.45. The van der Waals surface area contributed by atoms with Gasteiger partial charge in [-0.2, -0.15) is 0 Å². The van der Waals surface area contributed by atoms with Crippen LogP contribution in [0, 0.1) is 11.8 Å². The Bertz CT molecular complexity index is 474. The summed E-state index contributed by atoms with van der Waals surface area (Å²) in [6.07, 6.45) is 2.39. The highest BCUT2D eigenvalue weighted by atomic mass is 16.5. The van der Waals surface area contributed by atoms with Crippen molar-refractivity contribution in [2.24, 2.45) is 0 Å². The third-order valence-electron chi connectivity index (χ3n) is 3.46. The number of aliphatic hydroxyl groups excluding tert-OH is 1. The highest BCUT2D eigenvalue weighted by Crippen LogP contribution is 2.20. The van der Waals surface area contributed by atoms with Crippen molar-refractivity contribution in [2.75, 3.05) is 20.8 Å². The molecule has 0 aliphatic rings. The maximum absolute atomic E-state index is 8.82. The topological polar surface area (TPSA) is 32.7 Å². The van der Waals surface area contributed by atoms with Crippen molar-refractivity contribution in [3.63, 3.8) is 0 Å². The summed E-state index contributed by atoms with van der Waals surface area (Å²) in [4.78, 5) is 2.34. The number of ether oxygens (including phenoxy) is 1. The SMILES string of the molecule is CCCC(C)N(C)Cc1ccc(OC)c(C#CCO)c1. The van der Waals surface area contributed by atoms with E-state index in [1.165, 1.54) is 18.4 Å². The molecule has 0 saturated carbocycles. The fourth-order valence-corrected chi connectivity index (χ4v) is 2.17. The van der Waals surface area contributed by atoms with Crippen LogP contribution >= 0.6 is 0 Å². The van der Waals surface area contributed by atoms with E-state index in [4.69, 9.17) is 9.84 Å². The van der Waals surface area contributed by atoms with E-state index in [0.29, 0.717) is 6.04 Å². The van der Waals surface area contributed by atoms with Gasteiger partial charge < -0.3 is 9.84 Å². The predicted octanol–water partition coefficient (Wildman–Crippen LogP) is 2.66. The van der Waals surface area contributed by atoms with Crippen molar-refractivity contribution in [3.8, 4) is 17.6 Å². The molecule has 110 valence electrons. The second-order valence-corrected chi connectivity index (χ2v) is 5.05. The number of benzene rings is 1. The maximum atomic E-state index is 8.82. The summed E-state index contributed by atoms with van der Waals surface area (Å²) in [5.74, 6) is 6.36. The Hall–Kier alpha value is -1.50. The molecule has 0 radical (unpaired) electrons. The summed E-state index contributed by atoms with van der Waals surface area (Å²) in [5, 5.41) is 8.82. The maximum Gasteiger partial charge on any atom is 0.134 e. The van der Waals surface area contributed by atoms with Crippen molar-refractivity contribution in [1.29, 1.82) is 0 Å². The molecule has 0 aliphatic heterocycles. The summed E-state index contributed by atoms with van der Waals surface area (Å²) in [5.41, 5.74) is 2.04. The molecule has 20 heavy (non-hydrogen) atoms. The summed E-state index contributed by atoms with van der Waals surface area (Å²) >= 11 is 0. The van der Waals surface area contributed by atoms with E-state index >= 15 is 0 Å². The summed E-state index contributed by atoms with van der Waals surface area (Å²) < 4.78 is 5.29. The van der Waals surface area contributed by atoms with Crippen LogP contribution < -0.4 is 4.74 Å². The van der Waals surface area contributed by atoms with Gasteiger partial charge in [0.05, 0.1) is 12.7 Å². The molecule has 3 nitrogen and oxygen atoms in total. The van der Waals surface area contributed by atoms with Gasteiger partial charge in [-0.1, -0.05) is 31.3 Å². The van der Waals surface area contributed by atoms with E-state index in [0.717, 1.165) is 17.9 Å².